The van der Waals surface area contributed by atoms with Gasteiger partial charge in [-0.15, -0.1) is 0 Å². The van der Waals surface area contributed by atoms with Crippen LogP contribution in [-0.4, -0.2) is 129 Å². The summed E-state index contributed by atoms with van der Waals surface area (Å²) in [6.45, 7) is 30.4. The molecule has 10 rings (SSSR count). The Morgan fingerprint density at radius 1 is 0.390 bits per heavy atom. The van der Waals surface area contributed by atoms with E-state index in [-0.39, 0.29) is 58.8 Å². The predicted octanol–water partition coefficient (Wildman–Crippen LogP) is 28.1. The Morgan fingerprint density at radius 2 is 0.754 bits per heavy atom. The van der Waals surface area contributed by atoms with Crippen LogP contribution in [0.25, 0.3) is 0 Å². The van der Waals surface area contributed by atoms with Gasteiger partial charge in [-0.25, -0.2) is 0 Å². The second-order valence-electron chi connectivity index (χ2n) is 36.8. The van der Waals surface area contributed by atoms with Gasteiger partial charge in [0.05, 0.1) is 0 Å². The van der Waals surface area contributed by atoms with Crippen LogP contribution in [-0.2, 0) is 70.2 Å². The van der Waals surface area contributed by atoms with E-state index in [4.69, 9.17) is 5.11 Å². The van der Waals surface area contributed by atoms with Crippen LogP contribution >= 0.6 is 0 Å². The molecule has 1 N–H and O–H groups in total. The van der Waals surface area contributed by atoms with Crippen LogP contribution in [0.3, 0.4) is 0 Å². The fourth-order valence-corrected chi connectivity index (χ4v) is 32.7. The van der Waals surface area contributed by atoms with Gasteiger partial charge in [0, 0.05) is 66.3 Å². The maximum atomic E-state index is 12.9. The van der Waals surface area contributed by atoms with E-state index in [9.17, 15) is 24.0 Å². The van der Waals surface area contributed by atoms with Gasteiger partial charge in [0.25, 0.3) is 0 Å². The van der Waals surface area contributed by atoms with Crippen LogP contribution in [0.15, 0.2) is 138 Å². The van der Waals surface area contributed by atoms with Crippen LogP contribution in [0.1, 0.15) is 386 Å². The first-order valence-electron chi connectivity index (χ1n) is 47.6. The van der Waals surface area contributed by atoms with E-state index in [0.29, 0.717) is 67.4 Å². The van der Waals surface area contributed by atoms with E-state index >= 15 is 0 Å². The molecule has 660 valence electrons. The third-order valence-electron chi connectivity index (χ3n) is 24.4. The number of aryl methyl sites for hydroxylation is 1. The largest absolute Gasteiger partial charge is 0.508 e. The number of carbonyl (C=O) groups is 5. The van der Waals surface area contributed by atoms with Crippen molar-refractivity contribution >= 4 is 94.3 Å². The topological polar surface area (TPSA) is 106 Å². The number of ketones is 5. The minimum absolute atomic E-state index is 0.0509. The number of hydrogen-bond donors (Lipinski definition) is 1. The van der Waals surface area contributed by atoms with E-state index in [1.165, 1.54) is 323 Å². The lowest BCUT2D eigenvalue weighted by Gasteiger charge is -2.27. The Balaban J connectivity index is 0.000000261. The number of unbranched alkanes of at least 4 members (excludes halogenated alkanes) is 20. The third kappa shape index (κ3) is 41.0. The van der Waals surface area contributed by atoms with Crippen molar-refractivity contribution in [3.8, 4) is 5.75 Å². The van der Waals surface area contributed by atoms with E-state index in [1.54, 1.807) is 12.1 Å². The summed E-state index contributed by atoms with van der Waals surface area (Å²) in [5, 5.41) is 9.29. The molecule has 1 aliphatic carbocycles. The average Bonchev–Trinajstić information content (AvgIpc) is 1.30. The van der Waals surface area contributed by atoms with Gasteiger partial charge in [0.15, 0.2) is 36.9 Å². The number of carbonyl (C=O) groups excluding carboxylic acids is 5. The van der Waals surface area contributed by atoms with Crippen LogP contribution in [0.4, 0.5) is 0 Å². The Morgan fingerprint density at radius 3 is 1.15 bits per heavy atom. The van der Waals surface area contributed by atoms with Crippen LogP contribution in [0, 0.1) is 18.3 Å². The Labute approximate surface area is 742 Å². The zero-order chi connectivity index (χ0) is 85.8. The minimum atomic E-state index is -0.178. The molecule has 0 aromatic heterocycles. The number of aromatic hydroxyl groups is 1. The molecule has 5 fully saturated rings. The number of phenols is 1. The molecule has 4 aliphatic heterocycles. The van der Waals surface area contributed by atoms with Crippen molar-refractivity contribution in [2.45, 2.75) is 360 Å². The highest BCUT2D eigenvalue weighted by Gasteiger charge is 2.49. The van der Waals surface area contributed by atoms with Gasteiger partial charge in [0.2, 0.25) is 23.1 Å². The standard InChI is InChI=1S/C32H57OS.C20H29OS.C17H25OS.C16H25OS.C11H21OS.C10H12OS/c1-3-5-7-9-11-13-15-17-19-24-28-34(30-32(33)31-26-22-21-23-27-31)29-25-20-18-16-14-12-10-8-6-4-2;1-20(2,22-14-6-7-15-22)19(21)18-12-10-17(11-13-18)16-8-4-3-5-9-16;1-13-7-9-14(10-8-13)15(18)16(17(2,3)4)19-11-5-6-12-19;1-3-5-12-18(13-6-4-2)14-16(17)15-10-8-7-9-11-15;1-9(2)10(12)11(3,4)13-7-5-6-8-13;11-9-3-5-10(6-4-9)12-7-1-2-8-12/h21-23,26-27H,3-20,24-25,28-30H2,1-2H3;10-13,16H,3-9,14-15H2,1-2H3;7-10,16H,5-6,11-12H2,1-4H3;7-11H,3-6,12-14H2,1-2H3;9H,5-8H2,1-4H3;3-6H,1-2,7-8H2/q5*+1;/p+1. The average molecular weight is 1730 g/mol. The monoisotopic (exact) mass is 1730 g/mol. The van der Waals surface area contributed by atoms with Gasteiger partial charge in [-0.05, 0) is 206 Å². The molecule has 0 bridgehead atoms. The van der Waals surface area contributed by atoms with Crippen molar-refractivity contribution in [1.29, 1.82) is 0 Å². The maximum Gasteiger partial charge on any atom is 0.217 e. The van der Waals surface area contributed by atoms with Crippen molar-refractivity contribution in [2.24, 2.45) is 11.3 Å². The number of rotatable bonds is 45. The van der Waals surface area contributed by atoms with Gasteiger partial charge < -0.3 is 5.11 Å². The van der Waals surface area contributed by atoms with Crippen molar-refractivity contribution in [3.05, 3.63) is 167 Å². The first kappa shape index (κ1) is 105. The van der Waals surface area contributed by atoms with E-state index < -0.39 is 0 Å². The molecular weight excluding hydrogens is 1560 g/mol. The fraction of sp³-hybridized carbons (Fsp3) is 0.670. The smallest absolute Gasteiger partial charge is 0.217 e. The zero-order valence-corrected chi connectivity index (χ0v) is 82.3. The molecule has 12 heteroatoms. The molecule has 1 saturated carbocycles. The summed E-state index contributed by atoms with van der Waals surface area (Å²) in [6, 6.07) is 44.1. The summed E-state index contributed by atoms with van der Waals surface area (Å²) in [6.07, 6.45) is 50.2. The molecule has 0 spiro atoms. The van der Waals surface area contributed by atoms with E-state index in [0.717, 1.165) is 39.7 Å². The van der Waals surface area contributed by atoms with Crippen molar-refractivity contribution < 1.29 is 29.1 Å². The Hall–Kier alpha value is -3.65. The van der Waals surface area contributed by atoms with Gasteiger partial charge in [-0.2, -0.15) is 0 Å². The fourth-order valence-electron chi connectivity index (χ4n) is 16.9. The number of phenolic OH excluding ortho intramolecular Hbond substituents is 1. The molecule has 4 saturated heterocycles. The molecule has 118 heavy (non-hydrogen) atoms. The second-order valence-corrected chi connectivity index (χ2v) is 51.7. The lowest BCUT2D eigenvalue weighted by atomic mass is 9.83. The molecule has 6 nitrogen and oxygen atoms in total. The van der Waals surface area contributed by atoms with Crippen molar-refractivity contribution in [2.75, 3.05) is 80.5 Å². The number of Topliss-reactive ketones (excluding diaryl/α,β-unsaturated/α-hetero) is 5. The molecule has 0 amide bonds. The van der Waals surface area contributed by atoms with Gasteiger partial charge in [-0.3, -0.25) is 24.0 Å². The minimum Gasteiger partial charge on any atom is -0.508 e. The number of benzene rings is 5. The summed E-state index contributed by atoms with van der Waals surface area (Å²) < 4.78 is -0.229. The quantitative estimate of drug-likeness (QED) is 0.0236. The highest BCUT2D eigenvalue weighted by atomic mass is 32.2. The molecule has 1 unspecified atom stereocenters. The second kappa shape index (κ2) is 60.8. The normalized spacial score (nSPS) is 15.9. The molecule has 1 atom stereocenters. The van der Waals surface area contributed by atoms with Gasteiger partial charge in [-0.1, -0.05) is 312 Å². The highest BCUT2D eigenvalue weighted by molar-refractivity contribution is 8.00. The molecule has 5 aromatic rings. The van der Waals surface area contributed by atoms with Crippen molar-refractivity contribution in [1.82, 2.24) is 0 Å². The highest BCUT2D eigenvalue weighted by Crippen LogP contribution is 2.37. The predicted molar refractivity (Wildman–Crippen MR) is 534 cm³/mol. The van der Waals surface area contributed by atoms with Gasteiger partial charge >= 0.3 is 0 Å². The molecular formula is C106H170O6S6+6. The van der Waals surface area contributed by atoms with Crippen LogP contribution in [0.2, 0.25) is 0 Å². The molecule has 4 heterocycles. The summed E-state index contributed by atoms with van der Waals surface area (Å²) in [4.78, 5) is 64.2. The third-order valence-corrected chi connectivity index (χ3v) is 41.3. The van der Waals surface area contributed by atoms with E-state index in [2.05, 4.69) is 119 Å². The maximum absolute atomic E-state index is 12.9. The summed E-state index contributed by atoms with van der Waals surface area (Å²) in [5.41, 5.74) is 6.32. The summed E-state index contributed by atoms with van der Waals surface area (Å²) >= 11 is 0. The SMILES string of the molecule is CC(C)(C(=O)c1ccc(C2CCCCC2)cc1)[S+]1CCCC1.CC(C)C(=O)C(C)(C)[S+]1CCCC1.CCCCCCCCCCCC[S+](CCCCCCCCCCCC)CC(=O)c1ccccc1.CCCC[S+](CCCC)CC(=O)c1ccccc1.Cc1ccc(C(=O)C([S+]2CCCC2)C(C)(C)C)cc1.Oc1ccc([S+]2CCCC2)cc1. The van der Waals surface area contributed by atoms with Crippen LogP contribution in [0.5, 0.6) is 5.75 Å². The molecule has 5 aromatic carbocycles. The Bertz CT molecular complexity index is 3390. The Kier molecular flexibility index (Phi) is 54.1. The lowest BCUT2D eigenvalue weighted by Crippen LogP contribution is -2.44. The first-order chi connectivity index (χ1) is 56.8. The summed E-state index contributed by atoms with van der Waals surface area (Å²) in [5.74, 6) is 20.0. The number of hydrogen-bond acceptors (Lipinski definition) is 6. The van der Waals surface area contributed by atoms with E-state index in [1.807, 2.05) is 98.8 Å². The van der Waals surface area contributed by atoms with Crippen LogP contribution < -0.4 is 0 Å². The zero-order valence-electron chi connectivity index (χ0n) is 77.4. The molecule has 5 aliphatic rings. The molecule has 0 radical (unpaired) electrons. The lowest BCUT2D eigenvalue weighted by molar-refractivity contribution is -0.123. The van der Waals surface area contributed by atoms with Gasteiger partial charge in [0.1, 0.15) is 74.8 Å². The summed E-state index contributed by atoms with van der Waals surface area (Å²) in [7, 11) is 1.97. The van der Waals surface area contributed by atoms with Crippen molar-refractivity contribution in [3.63, 3.8) is 0 Å². The first-order valence-corrected chi connectivity index (χ1v) is 57.4.